The second kappa shape index (κ2) is 6.74. The molecule has 2 heterocycles. The second-order valence-electron chi connectivity index (χ2n) is 5.59. The molecule has 1 aliphatic rings. The van der Waals surface area contributed by atoms with E-state index in [9.17, 15) is 8.42 Å². The van der Waals surface area contributed by atoms with Gasteiger partial charge in [0.15, 0.2) is 0 Å². The molecule has 24 heavy (non-hydrogen) atoms. The van der Waals surface area contributed by atoms with Gasteiger partial charge >= 0.3 is 0 Å². The molecule has 1 aromatic heterocycles. The first-order chi connectivity index (χ1) is 11.5. The predicted octanol–water partition coefficient (Wildman–Crippen LogP) is 2.37. The molecule has 0 bridgehead atoms. The number of rotatable bonds is 5. The third-order valence-corrected chi connectivity index (χ3v) is 5.17. The third-order valence-electron chi connectivity index (χ3n) is 3.88. The number of nitrogens with zero attached hydrogens (tertiary/aromatic N) is 3. The molecule has 0 spiro atoms. The predicted molar refractivity (Wildman–Crippen MR) is 88.6 cm³/mol. The molecule has 0 saturated carbocycles. The largest absolute Gasteiger partial charge is 0.497 e. The van der Waals surface area contributed by atoms with Gasteiger partial charge in [0.2, 0.25) is 15.9 Å². The lowest BCUT2D eigenvalue weighted by atomic mass is 10.2. The van der Waals surface area contributed by atoms with Crippen molar-refractivity contribution in [1.29, 1.82) is 0 Å². The van der Waals surface area contributed by atoms with Gasteiger partial charge in [-0.15, -0.1) is 0 Å². The van der Waals surface area contributed by atoms with Crippen LogP contribution < -0.4 is 9.47 Å². The van der Waals surface area contributed by atoms with Crippen LogP contribution in [0, 0.1) is 0 Å². The normalized spacial score (nSPS) is 18.5. The van der Waals surface area contributed by atoms with Gasteiger partial charge in [-0.05, 0) is 37.1 Å². The SMILES string of the molecule is COc1ccc(Oc2cncc(C3CCCN3S(C)(=O)=O)n2)cc1. The summed E-state index contributed by atoms with van der Waals surface area (Å²) in [5.74, 6) is 1.67. The molecule has 1 aliphatic heterocycles. The van der Waals surface area contributed by atoms with E-state index in [4.69, 9.17) is 9.47 Å². The van der Waals surface area contributed by atoms with E-state index in [1.54, 1.807) is 37.6 Å². The average molecular weight is 349 g/mol. The van der Waals surface area contributed by atoms with E-state index in [2.05, 4.69) is 9.97 Å². The molecule has 1 saturated heterocycles. The number of benzene rings is 1. The van der Waals surface area contributed by atoms with E-state index in [-0.39, 0.29) is 6.04 Å². The van der Waals surface area contributed by atoms with Gasteiger partial charge < -0.3 is 9.47 Å². The van der Waals surface area contributed by atoms with Crippen molar-refractivity contribution in [2.75, 3.05) is 19.9 Å². The van der Waals surface area contributed by atoms with Gasteiger partial charge in [-0.25, -0.2) is 13.4 Å². The van der Waals surface area contributed by atoms with Crippen molar-refractivity contribution in [2.45, 2.75) is 18.9 Å². The molecule has 0 N–H and O–H groups in total. The number of sulfonamides is 1. The maximum Gasteiger partial charge on any atom is 0.238 e. The summed E-state index contributed by atoms with van der Waals surface area (Å²) < 4.78 is 36.0. The van der Waals surface area contributed by atoms with Crippen molar-refractivity contribution in [2.24, 2.45) is 0 Å². The molecule has 7 nitrogen and oxygen atoms in total. The molecule has 1 aromatic carbocycles. The Morgan fingerprint density at radius 1 is 1.17 bits per heavy atom. The van der Waals surface area contributed by atoms with Crippen LogP contribution in [0.3, 0.4) is 0 Å². The van der Waals surface area contributed by atoms with Crippen LogP contribution in [0.1, 0.15) is 24.6 Å². The first-order valence-electron chi connectivity index (χ1n) is 7.58. The molecule has 8 heteroatoms. The minimum Gasteiger partial charge on any atom is -0.497 e. The smallest absolute Gasteiger partial charge is 0.238 e. The molecule has 1 atom stereocenters. The summed E-state index contributed by atoms with van der Waals surface area (Å²) in [6.45, 7) is 0.509. The van der Waals surface area contributed by atoms with Crippen LogP contribution in [0.2, 0.25) is 0 Å². The molecule has 2 aromatic rings. The van der Waals surface area contributed by atoms with Gasteiger partial charge in [0.05, 0.1) is 37.5 Å². The summed E-state index contributed by atoms with van der Waals surface area (Å²) in [6.07, 6.45) is 5.86. The van der Waals surface area contributed by atoms with Crippen molar-refractivity contribution in [3.63, 3.8) is 0 Å². The molecule has 128 valence electrons. The number of methoxy groups -OCH3 is 1. The highest BCUT2D eigenvalue weighted by atomic mass is 32.2. The van der Waals surface area contributed by atoms with Crippen LogP contribution in [0.4, 0.5) is 0 Å². The number of aromatic nitrogens is 2. The highest BCUT2D eigenvalue weighted by Crippen LogP contribution is 2.33. The maximum atomic E-state index is 11.9. The van der Waals surface area contributed by atoms with Gasteiger partial charge in [0, 0.05) is 6.54 Å². The quantitative estimate of drug-likeness (QED) is 0.824. The van der Waals surface area contributed by atoms with Gasteiger partial charge in [-0.2, -0.15) is 4.31 Å². The molecule has 3 rings (SSSR count). The van der Waals surface area contributed by atoms with Crippen molar-refractivity contribution >= 4 is 10.0 Å². The van der Waals surface area contributed by atoms with Gasteiger partial charge in [-0.1, -0.05) is 0 Å². The Hall–Kier alpha value is -2.19. The van der Waals surface area contributed by atoms with Crippen molar-refractivity contribution in [1.82, 2.24) is 14.3 Å². The van der Waals surface area contributed by atoms with E-state index in [0.29, 0.717) is 23.9 Å². The van der Waals surface area contributed by atoms with E-state index in [0.717, 1.165) is 18.6 Å². The third kappa shape index (κ3) is 3.65. The van der Waals surface area contributed by atoms with Crippen LogP contribution >= 0.6 is 0 Å². The van der Waals surface area contributed by atoms with Crippen LogP contribution in [-0.4, -0.2) is 42.6 Å². The van der Waals surface area contributed by atoms with Crippen LogP contribution in [0.15, 0.2) is 36.7 Å². The first-order valence-corrected chi connectivity index (χ1v) is 9.43. The summed E-state index contributed by atoms with van der Waals surface area (Å²) >= 11 is 0. The standard InChI is InChI=1S/C16H19N3O4S/c1-22-12-5-7-13(8-6-12)23-16-11-17-10-14(18-16)15-4-3-9-19(15)24(2,20)21/h5-8,10-11,15H,3-4,9H2,1-2H3. The number of ether oxygens (including phenoxy) is 2. The molecule has 0 amide bonds. The lowest BCUT2D eigenvalue weighted by molar-refractivity contribution is 0.385. The monoisotopic (exact) mass is 349 g/mol. The molecule has 0 aliphatic carbocycles. The minimum atomic E-state index is -3.27. The zero-order valence-electron chi connectivity index (χ0n) is 13.5. The highest BCUT2D eigenvalue weighted by molar-refractivity contribution is 7.88. The Labute approximate surface area is 141 Å². The lowest BCUT2D eigenvalue weighted by Gasteiger charge is -2.21. The summed E-state index contributed by atoms with van der Waals surface area (Å²) in [5.41, 5.74) is 0.601. The van der Waals surface area contributed by atoms with Crippen molar-refractivity contribution in [3.8, 4) is 17.4 Å². The zero-order valence-corrected chi connectivity index (χ0v) is 14.4. The molecular formula is C16H19N3O4S. The molecule has 1 unspecified atom stereocenters. The van der Waals surface area contributed by atoms with Crippen molar-refractivity contribution in [3.05, 3.63) is 42.4 Å². The molecular weight excluding hydrogens is 330 g/mol. The fourth-order valence-electron chi connectivity index (χ4n) is 2.77. The van der Waals surface area contributed by atoms with Crippen molar-refractivity contribution < 1.29 is 17.9 Å². The topological polar surface area (TPSA) is 81.6 Å². The molecule has 0 radical (unpaired) electrons. The minimum absolute atomic E-state index is 0.285. The van der Waals surface area contributed by atoms with Crippen LogP contribution in [-0.2, 0) is 10.0 Å². The van der Waals surface area contributed by atoms with E-state index < -0.39 is 10.0 Å². The van der Waals surface area contributed by atoms with Gasteiger partial charge in [0.1, 0.15) is 11.5 Å². The van der Waals surface area contributed by atoms with Crippen LogP contribution in [0.5, 0.6) is 17.4 Å². The fraction of sp³-hybridized carbons (Fsp3) is 0.375. The summed E-state index contributed by atoms with van der Waals surface area (Å²) in [4.78, 5) is 8.58. The Balaban J connectivity index is 1.81. The Morgan fingerprint density at radius 2 is 1.88 bits per heavy atom. The Kier molecular flexibility index (Phi) is 4.68. The Morgan fingerprint density at radius 3 is 2.54 bits per heavy atom. The van der Waals surface area contributed by atoms with Crippen LogP contribution in [0.25, 0.3) is 0 Å². The Bertz CT molecular complexity index is 808. The summed E-state index contributed by atoms with van der Waals surface area (Å²) in [5, 5.41) is 0. The second-order valence-corrected chi connectivity index (χ2v) is 7.53. The van der Waals surface area contributed by atoms with E-state index in [1.165, 1.54) is 16.8 Å². The summed E-state index contributed by atoms with van der Waals surface area (Å²) in [7, 11) is -1.67. The number of hydrogen-bond donors (Lipinski definition) is 0. The first kappa shape index (κ1) is 16.7. The van der Waals surface area contributed by atoms with E-state index >= 15 is 0 Å². The molecule has 1 fully saturated rings. The fourth-order valence-corrected chi connectivity index (χ4v) is 3.91. The highest BCUT2D eigenvalue weighted by Gasteiger charge is 2.33. The van der Waals surface area contributed by atoms with E-state index in [1.807, 2.05) is 0 Å². The summed E-state index contributed by atoms with van der Waals surface area (Å²) in [6, 6.07) is 6.83. The maximum absolute atomic E-state index is 11.9. The zero-order chi connectivity index (χ0) is 17.2. The average Bonchev–Trinajstić information content (AvgIpc) is 3.06. The van der Waals surface area contributed by atoms with Gasteiger partial charge in [-0.3, -0.25) is 4.98 Å². The number of hydrogen-bond acceptors (Lipinski definition) is 6. The lowest BCUT2D eigenvalue weighted by Crippen LogP contribution is -2.30. The van der Waals surface area contributed by atoms with Gasteiger partial charge in [0.25, 0.3) is 0 Å².